The smallest absolute Gasteiger partial charge is 0.292 e. The fourth-order valence-corrected chi connectivity index (χ4v) is 2.32. The van der Waals surface area contributed by atoms with Gasteiger partial charge in [-0.1, -0.05) is 19.8 Å². The number of hydrogen-bond acceptors (Lipinski definition) is 4. The molecule has 1 aliphatic rings. The number of amides is 1. The molecule has 0 aliphatic heterocycles. The van der Waals surface area contributed by atoms with E-state index >= 15 is 0 Å². The largest absolute Gasteiger partial charge is 0.349 e. The normalized spacial score (nSPS) is 25.3. The molecule has 0 radical (unpaired) electrons. The number of nitrogens with one attached hydrogen (secondary N) is 2. The van der Waals surface area contributed by atoms with Crippen molar-refractivity contribution in [1.82, 2.24) is 25.9 Å². The first-order valence-corrected chi connectivity index (χ1v) is 5.77. The highest BCUT2D eigenvalue weighted by Gasteiger charge is 2.20. The Kier molecular flexibility index (Phi) is 3.48. The summed E-state index contributed by atoms with van der Waals surface area (Å²) in [5, 5.41) is 15.7. The fourth-order valence-electron chi connectivity index (χ4n) is 2.32. The Morgan fingerprint density at radius 2 is 2.44 bits per heavy atom. The molecule has 2 atom stereocenters. The minimum atomic E-state index is -0.244. The van der Waals surface area contributed by atoms with E-state index in [2.05, 4.69) is 32.9 Å². The summed E-state index contributed by atoms with van der Waals surface area (Å²) in [4.78, 5) is 11.5. The van der Waals surface area contributed by atoms with E-state index in [4.69, 9.17) is 0 Å². The lowest BCUT2D eigenvalue weighted by atomic mass is 9.82. The van der Waals surface area contributed by atoms with Crippen molar-refractivity contribution in [2.24, 2.45) is 11.8 Å². The van der Waals surface area contributed by atoms with Crippen LogP contribution < -0.4 is 5.32 Å². The summed E-state index contributed by atoms with van der Waals surface area (Å²) < 4.78 is 0. The number of rotatable bonds is 3. The van der Waals surface area contributed by atoms with Gasteiger partial charge in [0.2, 0.25) is 0 Å². The van der Waals surface area contributed by atoms with Crippen LogP contribution in [0.2, 0.25) is 0 Å². The van der Waals surface area contributed by atoms with Crippen LogP contribution in [0.3, 0.4) is 0 Å². The number of H-pyrrole nitrogens is 1. The topological polar surface area (TPSA) is 83.6 Å². The molecule has 2 unspecified atom stereocenters. The maximum atomic E-state index is 11.5. The molecule has 6 nitrogen and oxygen atoms in total. The van der Waals surface area contributed by atoms with E-state index in [9.17, 15) is 4.79 Å². The maximum absolute atomic E-state index is 11.5. The van der Waals surface area contributed by atoms with E-state index in [1.165, 1.54) is 25.7 Å². The number of carbonyl (C=O) groups is 1. The predicted molar refractivity (Wildman–Crippen MR) is 57.6 cm³/mol. The second-order valence-corrected chi connectivity index (χ2v) is 4.58. The van der Waals surface area contributed by atoms with Crippen molar-refractivity contribution >= 4 is 5.91 Å². The summed E-state index contributed by atoms with van der Waals surface area (Å²) in [5.41, 5.74) is 0. The number of tetrazole rings is 1. The molecule has 0 spiro atoms. The third-order valence-corrected chi connectivity index (χ3v) is 3.14. The van der Waals surface area contributed by atoms with Crippen LogP contribution in [-0.2, 0) is 0 Å². The molecule has 1 aromatic heterocycles. The van der Waals surface area contributed by atoms with E-state index in [1.54, 1.807) is 0 Å². The number of aromatic nitrogens is 4. The van der Waals surface area contributed by atoms with Crippen LogP contribution in [0, 0.1) is 11.8 Å². The van der Waals surface area contributed by atoms with Gasteiger partial charge in [0.1, 0.15) is 0 Å². The molecule has 1 aliphatic carbocycles. The van der Waals surface area contributed by atoms with Crippen molar-refractivity contribution in [3.8, 4) is 0 Å². The molecule has 1 heterocycles. The summed E-state index contributed by atoms with van der Waals surface area (Å²) in [6.07, 6.45) is 4.99. The average Bonchev–Trinajstić information content (AvgIpc) is 2.79. The molecule has 0 saturated heterocycles. The summed E-state index contributed by atoms with van der Waals surface area (Å²) >= 11 is 0. The lowest BCUT2D eigenvalue weighted by Gasteiger charge is -2.26. The molecule has 2 N–H and O–H groups in total. The Bertz CT molecular complexity index is 337. The van der Waals surface area contributed by atoms with E-state index in [-0.39, 0.29) is 11.7 Å². The molecule has 16 heavy (non-hydrogen) atoms. The molecule has 0 bridgehead atoms. The first-order chi connectivity index (χ1) is 7.75. The Morgan fingerprint density at radius 3 is 3.12 bits per heavy atom. The fraction of sp³-hybridized carbons (Fsp3) is 0.800. The Labute approximate surface area is 94.2 Å². The van der Waals surface area contributed by atoms with Crippen LogP contribution in [0.5, 0.6) is 0 Å². The van der Waals surface area contributed by atoms with Gasteiger partial charge < -0.3 is 5.32 Å². The van der Waals surface area contributed by atoms with Crippen LogP contribution in [0.4, 0.5) is 0 Å². The van der Waals surface area contributed by atoms with Crippen LogP contribution in [0.25, 0.3) is 0 Å². The predicted octanol–water partition coefficient (Wildman–Crippen LogP) is 0.756. The third-order valence-electron chi connectivity index (χ3n) is 3.14. The van der Waals surface area contributed by atoms with Gasteiger partial charge in [-0.3, -0.25) is 4.79 Å². The maximum Gasteiger partial charge on any atom is 0.292 e. The van der Waals surface area contributed by atoms with Crippen molar-refractivity contribution in [2.45, 2.75) is 32.6 Å². The molecular formula is C10H17N5O. The minimum Gasteiger partial charge on any atom is -0.349 e. The highest BCUT2D eigenvalue weighted by molar-refractivity contribution is 5.89. The van der Waals surface area contributed by atoms with E-state index in [0.717, 1.165) is 12.5 Å². The number of aromatic amines is 1. The van der Waals surface area contributed by atoms with Crippen molar-refractivity contribution in [2.75, 3.05) is 6.54 Å². The quantitative estimate of drug-likeness (QED) is 0.792. The average molecular weight is 223 g/mol. The molecule has 2 rings (SSSR count). The van der Waals surface area contributed by atoms with Crippen molar-refractivity contribution < 1.29 is 4.79 Å². The zero-order valence-corrected chi connectivity index (χ0v) is 9.44. The van der Waals surface area contributed by atoms with Crippen LogP contribution in [0.15, 0.2) is 0 Å². The van der Waals surface area contributed by atoms with Crippen LogP contribution >= 0.6 is 0 Å². The van der Waals surface area contributed by atoms with Crippen LogP contribution in [-0.4, -0.2) is 33.1 Å². The van der Waals surface area contributed by atoms with Gasteiger partial charge in [0, 0.05) is 6.54 Å². The molecule has 1 fully saturated rings. The Hall–Kier alpha value is -1.46. The highest BCUT2D eigenvalue weighted by atomic mass is 16.2. The molecule has 1 amide bonds. The first kappa shape index (κ1) is 11.0. The minimum absolute atomic E-state index is 0.115. The second-order valence-electron chi connectivity index (χ2n) is 4.58. The molecule has 1 saturated carbocycles. The van der Waals surface area contributed by atoms with E-state index in [1.807, 2.05) is 0 Å². The van der Waals surface area contributed by atoms with Gasteiger partial charge in [-0.05, 0) is 29.9 Å². The van der Waals surface area contributed by atoms with Gasteiger partial charge in [0.05, 0.1) is 0 Å². The SMILES string of the molecule is CC1CCCC(CNC(=O)c2nn[nH]n2)C1. The van der Waals surface area contributed by atoms with Crippen molar-refractivity contribution in [1.29, 1.82) is 0 Å². The summed E-state index contributed by atoms with van der Waals surface area (Å²) in [6.45, 7) is 2.99. The molecular weight excluding hydrogens is 206 g/mol. The third kappa shape index (κ3) is 2.77. The molecule has 6 heteroatoms. The zero-order chi connectivity index (χ0) is 11.4. The van der Waals surface area contributed by atoms with Gasteiger partial charge in [-0.15, -0.1) is 10.2 Å². The highest BCUT2D eigenvalue weighted by Crippen LogP contribution is 2.27. The molecule has 1 aromatic rings. The Morgan fingerprint density at radius 1 is 1.56 bits per heavy atom. The van der Waals surface area contributed by atoms with Gasteiger partial charge >= 0.3 is 0 Å². The monoisotopic (exact) mass is 223 g/mol. The van der Waals surface area contributed by atoms with Gasteiger partial charge in [-0.2, -0.15) is 5.21 Å². The first-order valence-electron chi connectivity index (χ1n) is 5.77. The van der Waals surface area contributed by atoms with Gasteiger partial charge in [-0.25, -0.2) is 0 Å². The number of nitrogens with zero attached hydrogens (tertiary/aromatic N) is 3. The van der Waals surface area contributed by atoms with Gasteiger partial charge in [0.15, 0.2) is 0 Å². The summed E-state index contributed by atoms with van der Waals surface area (Å²) in [6, 6.07) is 0. The van der Waals surface area contributed by atoms with E-state index in [0.29, 0.717) is 5.92 Å². The lowest BCUT2D eigenvalue weighted by Crippen LogP contribution is -2.32. The number of carbonyl (C=O) groups excluding carboxylic acids is 1. The number of hydrogen-bond donors (Lipinski definition) is 2. The molecule has 0 aromatic carbocycles. The second kappa shape index (κ2) is 5.05. The zero-order valence-electron chi connectivity index (χ0n) is 9.44. The standard InChI is InChI=1S/C10H17N5O/c1-7-3-2-4-8(5-7)6-11-10(16)9-12-14-15-13-9/h7-8H,2-6H2,1H3,(H,11,16)(H,12,13,14,15). The van der Waals surface area contributed by atoms with Crippen molar-refractivity contribution in [3.05, 3.63) is 5.82 Å². The van der Waals surface area contributed by atoms with Crippen LogP contribution in [0.1, 0.15) is 43.2 Å². The van der Waals surface area contributed by atoms with Gasteiger partial charge in [0.25, 0.3) is 11.7 Å². The lowest BCUT2D eigenvalue weighted by molar-refractivity contribution is 0.0930. The Balaban J connectivity index is 1.77. The molecule has 88 valence electrons. The summed E-state index contributed by atoms with van der Waals surface area (Å²) in [5.74, 6) is 1.25. The summed E-state index contributed by atoms with van der Waals surface area (Å²) in [7, 11) is 0. The van der Waals surface area contributed by atoms with E-state index < -0.39 is 0 Å². The van der Waals surface area contributed by atoms with Crippen molar-refractivity contribution in [3.63, 3.8) is 0 Å².